The number of nitrogens with two attached hydrogens (primary N) is 1. The van der Waals surface area contributed by atoms with E-state index in [0.29, 0.717) is 11.4 Å². The highest BCUT2D eigenvalue weighted by molar-refractivity contribution is 6.12. The van der Waals surface area contributed by atoms with Gasteiger partial charge in [-0.15, -0.1) is 0 Å². The predicted molar refractivity (Wildman–Crippen MR) is 49.7 cm³/mol. The Hall–Kier alpha value is -1.91. The monoisotopic (exact) mass is 191 g/mol. The number of carbonyl (C=O) groups excluding carboxylic acids is 2. The van der Waals surface area contributed by atoms with Crippen molar-refractivity contribution < 1.29 is 9.59 Å². The molecule has 1 aliphatic heterocycles. The van der Waals surface area contributed by atoms with Crippen molar-refractivity contribution in [3.63, 3.8) is 0 Å². The molecule has 0 fully saturated rings. The molecule has 0 radical (unpaired) electrons. The molecule has 0 aliphatic carbocycles. The van der Waals surface area contributed by atoms with Gasteiger partial charge in [0, 0.05) is 12.7 Å². The molecule has 0 bridgehead atoms. The number of nitrogens with zero attached hydrogens (tertiary/aromatic N) is 1. The maximum Gasteiger partial charge on any atom is 0.230 e. The van der Waals surface area contributed by atoms with E-state index >= 15 is 0 Å². The summed E-state index contributed by atoms with van der Waals surface area (Å²) in [5.41, 5.74) is 6.04. The molecule has 5 heteroatoms. The average Bonchev–Trinajstić information content (AvgIpc) is 2.18. The first-order chi connectivity index (χ1) is 6.70. The van der Waals surface area contributed by atoms with Crippen LogP contribution in [0.25, 0.3) is 0 Å². The molecule has 14 heavy (non-hydrogen) atoms. The quantitative estimate of drug-likeness (QED) is 0.601. The van der Waals surface area contributed by atoms with Gasteiger partial charge in [0.2, 0.25) is 5.91 Å². The summed E-state index contributed by atoms with van der Waals surface area (Å²) >= 11 is 0. The Labute approximate surface area is 80.3 Å². The normalized spacial score (nSPS) is 19.7. The zero-order valence-electron chi connectivity index (χ0n) is 7.36. The van der Waals surface area contributed by atoms with E-state index < -0.39 is 11.8 Å². The third-order valence-electron chi connectivity index (χ3n) is 2.20. The van der Waals surface area contributed by atoms with Gasteiger partial charge in [0.1, 0.15) is 11.6 Å². The van der Waals surface area contributed by atoms with Gasteiger partial charge in [-0.05, 0) is 12.1 Å². The summed E-state index contributed by atoms with van der Waals surface area (Å²) in [5.74, 6) is -1.71. The molecule has 2 rings (SSSR count). The van der Waals surface area contributed by atoms with E-state index in [0.717, 1.165) is 0 Å². The lowest BCUT2D eigenvalue weighted by molar-refractivity contribution is -0.120. The number of hydrogen-bond acceptors (Lipinski definition) is 4. The molecule has 1 aromatic heterocycles. The zero-order chi connectivity index (χ0) is 10.1. The molecule has 0 aromatic carbocycles. The number of fused-ring (bicyclic) bond motifs is 1. The summed E-state index contributed by atoms with van der Waals surface area (Å²) in [6.07, 6.45) is 1.52. The van der Waals surface area contributed by atoms with Crippen LogP contribution in [-0.2, 0) is 4.79 Å². The summed E-state index contributed by atoms with van der Waals surface area (Å²) in [7, 11) is 0. The Morgan fingerprint density at radius 1 is 1.64 bits per heavy atom. The fourth-order valence-electron chi connectivity index (χ4n) is 1.44. The lowest BCUT2D eigenvalue weighted by atomic mass is 9.96. The second-order valence-electron chi connectivity index (χ2n) is 3.10. The molecule has 3 N–H and O–H groups in total. The molecule has 0 saturated carbocycles. The van der Waals surface area contributed by atoms with Crippen LogP contribution in [0.15, 0.2) is 18.3 Å². The summed E-state index contributed by atoms with van der Waals surface area (Å²) < 4.78 is 0. The van der Waals surface area contributed by atoms with Crippen molar-refractivity contribution in [1.82, 2.24) is 4.98 Å². The van der Waals surface area contributed by atoms with Crippen LogP contribution in [0.1, 0.15) is 10.5 Å². The number of anilines is 1. The van der Waals surface area contributed by atoms with Crippen molar-refractivity contribution in [2.45, 2.75) is 0 Å². The third kappa shape index (κ3) is 1.22. The standard InChI is InChI=1S/C9H9N3O2/c10-9(14)5-4-12-6-2-1-3-11-7(6)8(5)13/h1-3,5,12H,4H2,(H2,10,14). The number of ketones is 1. The van der Waals surface area contributed by atoms with Crippen molar-refractivity contribution in [1.29, 1.82) is 0 Å². The largest absolute Gasteiger partial charge is 0.382 e. The molecule has 72 valence electrons. The topological polar surface area (TPSA) is 85.1 Å². The van der Waals surface area contributed by atoms with E-state index in [1.54, 1.807) is 12.1 Å². The number of carbonyl (C=O) groups is 2. The van der Waals surface area contributed by atoms with Crippen molar-refractivity contribution >= 4 is 17.4 Å². The van der Waals surface area contributed by atoms with Crippen molar-refractivity contribution in [2.24, 2.45) is 11.7 Å². The summed E-state index contributed by atoms with van der Waals surface area (Å²) in [4.78, 5) is 26.5. The Kier molecular flexibility index (Phi) is 1.92. The fraction of sp³-hybridized carbons (Fsp3) is 0.222. The van der Waals surface area contributed by atoms with Gasteiger partial charge in [0.25, 0.3) is 0 Å². The number of primary amides is 1. The predicted octanol–water partition coefficient (Wildman–Crippen LogP) is -0.209. The second-order valence-corrected chi connectivity index (χ2v) is 3.10. The molecule has 1 amide bonds. The summed E-state index contributed by atoms with van der Waals surface area (Å²) in [6.45, 7) is 0.257. The van der Waals surface area contributed by atoms with E-state index in [-0.39, 0.29) is 12.3 Å². The molecule has 1 aromatic rings. The van der Waals surface area contributed by atoms with Crippen LogP contribution in [0.5, 0.6) is 0 Å². The van der Waals surface area contributed by atoms with Crippen LogP contribution in [0, 0.1) is 5.92 Å². The van der Waals surface area contributed by atoms with Gasteiger partial charge in [-0.25, -0.2) is 0 Å². The van der Waals surface area contributed by atoms with Gasteiger partial charge in [0.05, 0.1) is 5.69 Å². The van der Waals surface area contributed by atoms with E-state index in [1.807, 2.05) is 0 Å². The van der Waals surface area contributed by atoms with Gasteiger partial charge in [-0.3, -0.25) is 14.6 Å². The van der Waals surface area contributed by atoms with Crippen molar-refractivity contribution in [3.05, 3.63) is 24.0 Å². The number of hydrogen-bond donors (Lipinski definition) is 2. The molecule has 1 aliphatic rings. The molecular formula is C9H9N3O2. The number of amides is 1. The SMILES string of the molecule is NC(=O)C1CNc2cccnc2C1=O. The molecule has 0 spiro atoms. The zero-order valence-corrected chi connectivity index (χ0v) is 7.36. The van der Waals surface area contributed by atoms with Gasteiger partial charge in [0.15, 0.2) is 5.78 Å². The van der Waals surface area contributed by atoms with Crippen LogP contribution in [0.3, 0.4) is 0 Å². The van der Waals surface area contributed by atoms with Gasteiger partial charge < -0.3 is 11.1 Å². The number of Topliss-reactive ketones (excluding diaryl/α,β-unsaturated/α-hetero) is 1. The number of pyridine rings is 1. The lowest BCUT2D eigenvalue weighted by Crippen LogP contribution is -2.39. The van der Waals surface area contributed by atoms with Crippen LogP contribution >= 0.6 is 0 Å². The highest BCUT2D eigenvalue weighted by Crippen LogP contribution is 2.21. The maximum absolute atomic E-state index is 11.7. The third-order valence-corrected chi connectivity index (χ3v) is 2.20. The maximum atomic E-state index is 11.7. The molecular weight excluding hydrogens is 182 g/mol. The molecule has 5 nitrogen and oxygen atoms in total. The van der Waals surface area contributed by atoms with Crippen LogP contribution in [-0.4, -0.2) is 23.2 Å². The summed E-state index contributed by atoms with van der Waals surface area (Å²) in [5, 5.41) is 2.94. The minimum atomic E-state index is -0.794. The Morgan fingerprint density at radius 2 is 2.43 bits per heavy atom. The highest BCUT2D eigenvalue weighted by Gasteiger charge is 2.31. The van der Waals surface area contributed by atoms with Crippen LogP contribution in [0.2, 0.25) is 0 Å². The van der Waals surface area contributed by atoms with Gasteiger partial charge in [-0.2, -0.15) is 0 Å². The van der Waals surface area contributed by atoms with E-state index in [1.165, 1.54) is 6.20 Å². The number of rotatable bonds is 1. The van der Waals surface area contributed by atoms with Gasteiger partial charge >= 0.3 is 0 Å². The smallest absolute Gasteiger partial charge is 0.230 e. The first kappa shape index (κ1) is 8.68. The minimum absolute atomic E-state index is 0.257. The Balaban J connectivity index is 2.41. The molecule has 0 saturated heterocycles. The lowest BCUT2D eigenvalue weighted by Gasteiger charge is -2.21. The number of aromatic nitrogens is 1. The first-order valence-corrected chi connectivity index (χ1v) is 4.22. The van der Waals surface area contributed by atoms with Crippen LogP contribution in [0.4, 0.5) is 5.69 Å². The average molecular weight is 191 g/mol. The number of nitrogens with one attached hydrogen (secondary N) is 1. The first-order valence-electron chi connectivity index (χ1n) is 4.22. The highest BCUT2D eigenvalue weighted by atomic mass is 16.2. The van der Waals surface area contributed by atoms with Gasteiger partial charge in [-0.1, -0.05) is 0 Å². The molecule has 1 unspecified atom stereocenters. The molecule has 1 atom stereocenters. The Bertz CT molecular complexity index is 403. The van der Waals surface area contributed by atoms with E-state index in [9.17, 15) is 9.59 Å². The second kappa shape index (κ2) is 3.10. The van der Waals surface area contributed by atoms with E-state index in [2.05, 4.69) is 10.3 Å². The van der Waals surface area contributed by atoms with Crippen LogP contribution < -0.4 is 11.1 Å². The van der Waals surface area contributed by atoms with E-state index in [4.69, 9.17) is 5.73 Å². The van der Waals surface area contributed by atoms with Crippen molar-refractivity contribution in [3.8, 4) is 0 Å². The summed E-state index contributed by atoms with van der Waals surface area (Å²) in [6, 6.07) is 3.47. The minimum Gasteiger partial charge on any atom is -0.382 e. The Morgan fingerprint density at radius 3 is 3.14 bits per heavy atom. The van der Waals surface area contributed by atoms with Crippen molar-refractivity contribution in [2.75, 3.05) is 11.9 Å². The fourth-order valence-corrected chi connectivity index (χ4v) is 1.44. The molecule has 2 heterocycles.